The molecule has 0 saturated carbocycles. The van der Waals surface area contributed by atoms with Crippen LogP contribution in [0.15, 0.2) is 24.3 Å². The second kappa shape index (κ2) is 4.76. The van der Waals surface area contributed by atoms with Crippen molar-refractivity contribution in [2.45, 2.75) is 5.88 Å². The number of benzene rings is 1. The van der Waals surface area contributed by atoms with Crippen LogP contribution >= 0.6 is 23.2 Å². The Kier molecular flexibility index (Phi) is 3.36. The van der Waals surface area contributed by atoms with Crippen molar-refractivity contribution in [3.8, 4) is 17.0 Å². The molecule has 0 spiro atoms. The summed E-state index contributed by atoms with van der Waals surface area (Å²) >= 11 is 11.7. The number of aromatic amines is 1. The fraction of sp³-hybridized carbons (Fsp3) is 0.182. The van der Waals surface area contributed by atoms with Gasteiger partial charge in [0.15, 0.2) is 0 Å². The molecular weight excluding hydrogens is 247 g/mol. The molecule has 0 atom stereocenters. The highest BCUT2D eigenvalue weighted by Crippen LogP contribution is 2.29. The van der Waals surface area contributed by atoms with Gasteiger partial charge in [0.05, 0.1) is 29.4 Å². The van der Waals surface area contributed by atoms with Crippen LogP contribution in [-0.4, -0.2) is 17.3 Å². The van der Waals surface area contributed by atoms with Gasteiger partial charge in [-0.15, -0.1) is 11.6 Å². The minimum atomic E-state index is 0.414. The first-order valence-corrected chi connectivity index (χ1v) is 5.60. The Morgan fingerprint density at radius 2 is 2.19 bits per heavy atom. The van der Waals surface area contributed by atoms with E-state index in [2.05, 4.69) is 10.2 Å². The molecule has 0 aliphatic carbocycles. The minimum Gasteiger partial charge on any atom is -0.495 e. The highest BCUT2D eigenvalue weighted by molar-refractivity contribution is 6.32. The quantitative estimate of drug-likeness (QED) is 0.855. The van der Waals surface area contributed by atoms with E-state index in [0.29, 0.717) is 16.7 Å². The molecule has 0 radical (unpaired) electrons. The van der Waals surface area contributed by atoms with Crippen molar-refractivity contribution >= 4 is 23.2 Å². The van der Waals surface area contributed by atoms with Gasteiger partial charge >= 0.3 is 0 Å². The van der Waals surface area contributed by atoms with E-state index in [1.807, 2.05) is 24.3 Å². The standard InChI is InChI=1S/C11H10Cl2N2O/c1-16-11-3-2-7(4-9(11)13)10-5-8(6-12)14-15-10/h2-5H,6H2,1H3,(H,14,15). The smallest absolute Gasteiger partial charge is 0.137 e. The van der Waals surface area contributed by atoms with Crippen LogP contribution in [0.5, 0.6) is 5.75 Å². The molecule has 1 heterocycles. The van der Waals surface area contributed by atoms with Crippen molar-refractivity contribution in [2.24, 2.45) is 0 Å². The van der Waals surface area contributed by atoms with E-state index in [1.165, 1.54) is 0 Å². The third-order valence-corrected chi connectivity index (χ3v) is 2.81. The number of nitrogens with one attached hydrogen (secondary N) is 1. The van der Waals surface area contributed by atoms with Crippen LogP contribution in [0, 0.1) is 0 Å². The van der Waals surface area contributed by atoms with E-state index in [1.54, 1.807) is 7.11 Å². The zero-order chi connectivity index (χ0) is 11.5. The largest absolute Gasteiger partial charge is 0.495 e. The molecule has 0 fully saturated rings. The molecule has 0 aliphatic heterocycles. The van der Waals surface area contributed by atoms with Crippen LogP contribution in [0.1, 0.15) is 5.69 Å². The Morgan fingerprint density at radius 1 is 1.38 bits per heavy atom. The van der Waals surface area contributed by atoms with Crippen LogP contribution in [0.25, 0.3) is 11.3 Å². The number of halogens is 2. The van der Waals surface area contributed by atoms with Crippen molar-refractivity contribution in [3.05, 3.63) is 35.0 Å². The highest BCUT2D eigenvalue weighted by Gasteiger charge is 2.06. The SMILES string of the molecule is COc1ccc(-c2cc(CCl)[nH]n2)cc1Cl. The number of nitrogens with zero attached hydrogens (tertiary/aromatic N) is 1. The van der Waals surface area contributed by atoms with Crippen molar-refractivity contribution in [1.29, 1.82) is 0 Å². The number of alkyl halides is 1. The lowest BCUT2D eigenvalue weighted by Crippen LogP contribution is -1.85. The zero-order valence-electron chi connectivity index (χ0n) is 8.63. The highest BCUT2D eigenvalue weighted by atomic mass is 35.5. The summed E-state index contributed by atoms with van der Waals surface area (Å²) in [5.74, 6) is 1.06. The van der Waals surface area contributed by atoms with E-state index in [9.17, 15) is 0 Å². The monoisotopic (exact) mass is 256 g/mol. The van der Waals surface area contributed by atoms with Gasteiger partial charge in [-0.2, -0.15) is 5.10 Å². The van der Waals surface area contributed by atoms with E-state index in [0.717, 1.165) is 17.0 Å². The number of hydrogen-bond donors (Lipinski definition) is 1. The van der Waals surface area contributed by atoms with Crippen LogP contribution in [-0.2, 0) is 5.88 Å². The molecule has 1 aromatic heterocycles. The second-order valence-corrected chi connectivity index (χ2v) is 3.94. The fourth-order valence-corrected chi connectivity index (χ4v) is 1.80. The number of ether oxygens (including phenoxy) is 1. The summed E-state index contributed by atoms with van der Waals surface area (Å²) in [4.78, 5) is 0. The molecule has 3 nitrogen and oxygen atoms in total. The molecule has 0 saturated heterocycles. The van der Waals surface area contributed by atoms with Gasteiger partial charge in [-0.1, -0.05) is 11.6 Å². The van der Waals surface area contributed by atoms with E-state index < -0.39 is 0 Å². The maximum atomic E-state index is 6.03. The van der Waals surface area contributed by atoms with E-state index in [-0.39, 0.29) is 0 Å². The molecule has 0 bridgehead atoms. The normalized spacial score (nSPS) is 10.4. The molecule has 2 aromatic rings. The van der Waals surface area contributed by atoms with Crippen molar-refractivity contribution < 1.29 is 4.74 Å². The molecule has 0 amide bonds. The first kappa shape index (κ1) is 11.3. The average molecular weight is 257 g/mol. The second-order valence-electron chi connectivity index (χ2n) is 3.26. The number of rotatable bonds is 3. The van der Waals surface area contributed by atoms with Crippen LogP contribution in [0.2, 0.25) is 5.02 Å². The Hall–Kier alpha value is -1.19. The Labute approximate surface area is 103 Å². The molecule has 1 N–H and O–H groups in total. The summed E-state index contributed by atoms with van der Waals surface area (Å²) in [5.41, 5.74) is 2.63. The van der Waals surface area contributed by atoms with Crippen LogP contribution in [0.3, 0.4) is 0 Å². The summed E-state index contributed by atoms with van der Waals surface area (Å²) in [6, 6.07) is 7.42. The predicted molar refractivity (Wildman–Crippen MR) is 65.1 cm³/mol. The molecule has 0 aliphatic rings. The van der Waals surface area contributed by atoms with Gasteiger partial charge in [0.1, 0.15) is 5.75 Å². The first-order valence-electron chi connectivity index (χ1n) is 4.68. The summed E-state index contributed by atoms with van der Waals surface area (Å²) in [6.45, 7) is 0. The summed E-state index contributed by atoms with van der Waals surface area (Å²) < 4.78 is 5.08. The summed E-state index contributed by atoms with van der Waals surface area (Å²) in [5, 5.41) is 7.56. The topological polar surface area (TPSA) is 37.9 Å². The molecule has 84 valence electrons. The number of methoxy groups -OCH3 is 1. The third-order valence-electron chi connectivity index (χ3n) is 2.22. The van der Waals surface area contributed by atoms with Gasteiger partial charge in [0.25, 0.3) is 0 Å². The lowest BCUT2D eigenvalue weighted by molar-refractivity contribution is 0.415. The Bertz CT molecular complexity index is 496. The summed E-state index contributed by atoms with van der Waals surface area (Å²) in [6.07, 6.45) is 0. The van der Waals surface area contributed by atoms with Gasteiger partial charge < -0.3 is 4.74 Å². The van der Waals surface area contributed by atoms with Gasteiger partial charge in [0.2, 0.25) is 0 Å². The maximum absolute atomic E-state index is 6.03. The zero-order valence-corrected chi connectivity index (χ0v) is 10.1. The minimum absolute atomic E-state index is 0.414. The molecule has 5 heteroatoms. The summed E-state index contributed by atoms with van der Waals surface area (Å²) in [7, 11) is 1.58. The first-order chi connectivity index (χ1) is 7.74. The lowest BCUT2D eigenvalue weighted by Gasteiger charge is -2.03. The van der Waals surface area contributed by atoms with E-state index >= 15 is 0 Å². The van der Waals surface area contributed by atoms with Crippen molar-refractivity contribution in [2.75, 3.05) is 7.11 Å². The number of aromatic nitrogens is 2. The number of hydrogen-bond acceptors (Lipinski definition) is 2. The number of H-pyrrole nitrogens is 1. The molecule has 1 aromatic carbocycles. The average Bonchev–Trinajstić information content (AvgIpc) is 2.77. The van der Waals surface area contributed by atoms with Crippen molar-refractivity contribution in [3.63, 3.8) is 0 Å². The maximum Gasteiger partial charge on any atom is 0.137 e. The molecule has 16 heavy (non-hydrogen) atoms. The molecule has 0 unspecified atom stereocenters. The van der Waals surface area contributed by atoms with Crippen LogP contribution < -0.4 is 4.74 Å². The van der Waals surface area contributed by atoms with Gasteiger partial charge in [0, 0.05) is 5.56 Å². The molecular formula is C11H10Cl2N2O. The molecule has 2 rings (SSSR count). The Balaban J connectivity index is 2.37. The Morgan fingerprint density at radius 3 is 2.75 bits per heavy atom. The fourth-order valence-electron chi connectivity index (χ4n) is 1.40. The van der Waals surface area contributed by atoms with Gasteiger partial charge in [-0.05, 0) is 24.3 Å². The van der Waals surface area contributed by atoms with Gasteiger partial charge in [-0.25, -0.2) is 0 Å². The van der Waals surface area contributed by atoms with Crippen LogP contribution in [0.4, 0.5) is 0 Å². The predicted octanol–water partition coefficient (Wildman–Crippen LogP) is 3.48. The van der Waals surface area contributed by atoms with E-state index in [4.69, 9.17) is 27.9 Å². The lowest BCUT2D eigenvalue weighted by atomic mass is 10.1. The third kappa shape index (κ3) is 2.15. The van der Waals surface area contributed by atoms with Gasteiger partial charge in [-0.3, -0.25) is 5.10 Å². The van der Waals surface area contributed by atoms with Crippen molar-refractivity contribution in [1.82, 2.24) is 10.2 Å².